The Hall–Kier alpha value is -1.22. The van der Waals surface area contributed by atoms with Crippen LogP contribution in [0, 0.1) is 5.92 Å². The van der Waals surface area contributed by atoms with Gasteiger partial charge in [0.2, 0.25) is 0 Å². The molecule has 0 bridgehead atoms. The lowest BCUT2D eigenvalue weighted by Gasteiger charge is -2.20. The number of ether oxygens (including phenoxy) is 2. The van der Waals surface area contributed by atoms with Crippen LogP contribution in [0.15, 0.2) is 12.1 Å². The Bertz CT molecular complexity index is 431. The molecule has 0 saturated carbocycles. The van der Waals surface area contributed by atoms with Crippen LogP contribution in [0.1, 0.15) is 43.9 Å². The molecule has 2 rings (SSSR count). The molecule has 0 heterocycles. The van der Waals surface area contributed by atoms with E-state index in [0.29, 0.717) is 17.9 Å². The molecule has 0 radical (unpaired) electrons. The molecule has 1 N–H and O–H groups in total. The molecular formula is C15H23NO2. The molecule has 1 aliphatic rings. The molecule has 0 spiro atoms. The number of fused-ring (bicyclic) bond motifs is 1. The van der Waals surface area contributed by atoms with E-state index in [1.807, 2.05) is 12.1 Å². The van der Waals surface area contributed by atoms with Crippen molar-refractivity contribution < 1.29 is 9.47 Å². The molecule has 3 heteroatoms. The minimum Gasteiger partial charge on any atom is -0.496 e. The van der Waals surface area contributed by atoms with E-state index in [9.17, 15) is 0 Å². The summed E-state index contributed by atoms with van der Waals surface area (Å²) in [6.07, 6.45) is 0. The summed E-state index contributed by atoms with van der Waals surface area (Å²) in [5, 5.41) is 3.57. The summed E-state index contributed by atoms with van der Waals surface area (Å²) in [5.74, 6) is 2.97. The second kappa shape index (κ2) is 5.19. The lowest BCUT2D eigenvalue weighted by molar-refractivity contribution is 0.365. The molecule has 1 aromatic carbocycles. The van der Waals surface area contributed by atoms with E-state index in [0.717, 1.165) is 18.0 Å². The van der Waals surface area contributed by atoms with Gasteiger partial charge in [-0.1, -0.05) is 20.8 Å². The first-order chi connectivity index (χ1) is 8.65. The van der Waals surface area contributed by atoms with Crippen LogP contribution in [0.25, 0.3) is 0 Å². The zero-order valence-electron chi connectivity index (χ0n) is 11.9. The number of hydrogen-bond acceptors (Lipinski definition) is 3. The van der Waals surface area contributed by atoms with Gasteiger partial charge in [-0.3, -0.25) is 0 Å². The normalized spacial score (nSPS) is 25.9. The molecule has 0 saturated heterocycles. The SMILES string of the molecule is CCNC1c2c(OC)ccc(OC)c2C(C)C1C. The Morgan fingerprint density at radius 1 is 1.06 bits per heavy atom. The Kier molecular flexibility index (Phi) is 3.81. The average molecular weight is 249 g/mol. The molecule has 100 valence electrons. The van der Waals surface area contributed by atoms with E-state index >= 15 is 0 Å². The average Bonchev–Trinajstić information content (AvgIpc) is 2.64. The third kappa shape index (κ3) is 1.87. The molecule has 18 heavy (non-hydrogen) atoms. The zero-order valence-corrected chi connectivity index (χ0v) is 11.9. The van der Waals surface area contributed by atoms with Gasteiger partial charge in [0.15, 0.2) is 0 Å². The van der Waals surface area contributed by atoms with Gasteiger partial charge in [-0.05, 0) is 30.5 Å². The van der Waals surface area contributed by atoms with Gasteiger partial charge in [-0.2, -0.15) is 0 Å². The Balaban J connectivity index is 2.58. The van der Waals surface area contributed by atoms with Gasteiger partial charge < -0.3 is 14.8 Å². The number of hydrogen-bond donors (Lipinski definition) is 1. The Morgan fingerprint density at radius 2 is 1.61 bits per heavy atom. The molecule has 3 nitrogen and oxygen atoms in total. The van der Waals surface area contributed by atoms with Gasteiger partial charge in [0.25, 0.3) is 0 Å². The molecule has 1 aromatic rings. The van der Waals surface area contributed by atoms with Crippen molar-refractivity contribution in [3.63, 3.8) is 0 Å². The minimum absolute atomic E-state index is 0.352. The highest BCUT2D eigenvalue weighted by molar-refractivity contribution is 5.55. The fourth-order valence-corrected chi connectivity index (χ4v) is 3.07. The molecule has 0 amide bonds. The minimum atomic E-state index is 0.352. The van der Waals surface area contributed by atoms with E-state index in [4.69, 9.17) is 9.47 Å². The largest absolute Gasteiger partial charge is 0.496 e. The number of nitrogens with one attached hydrogen (secondary N) is 1. The van der Waals surface area contributed by atoms with Crippen LogP contribution in [0.3, 0.4) is 0 Å². The van der Waals surface area contributed by atoms with Gasteiger partial charge in [0, 0.05) is 17.2 Å². The maximum Gasteiger partial charge on any atom is 0.124 e. The molecule has 0 aromatic heterocycles. The van der Waals surface area contributed by atoms with E-state index in [2.05, 4.69) is 26.1 Å². The molecule has 3 unspecified atom stereocenters. The van der Waals surface area contributed by atoms with Crippen LogP contribution in [-0.4, -0.2) is 20.8 Å². The van der Waals surface area contributed by atoms with Crippen LogP contribution < -0.4 is 14.8 Å². The maximum absolute atomic E-state index is 5.53. The fourth-order valence-electron chi connectivity index (χ4n) is 3.07. The van der Waals surface area contributed by atoms with Crippen molar-refractivity contribution in [2.24, 2.45) is 5.92 Å². The van der Waals surface area contributed by atoms with Crippen LogP contribution in [0.4, 0.5) is 0 Å². The summed E-state index contributed by atoms with van der Waals surface area (Å²) in [6.45, 7) is 7.66. The maximum atomic E-state index is 5.53. The van der Waals surface area contributed by atoms with Gasteiger partial charge >= 0.3 is 0 Å². The first-order valence-corrected chi connectivity index (χ1v) is 6.63. The third-order valence-electron chi connectivity index (χ3n) is 4.15. The first kappa shape index (κ1) is 13.2. The molecule has 0 fully saturated rings. The summed E-state index contributed by atoms with van der Waals surface area (Å²) >= 11 is 0. The number of benzene rings is 1. The second-order valence-corrected chi connectivity index (χ2v) is 4.98. The lowest BCUT2D eigenvalue weighted by atomic mass is 9.94. The Morgan fingerprint density at radius 3 is 2.11 bits per heavy atom. The van der Waals surface area contributed by atoms with E-state index < -0.39 is 0 Å². The van der Waals surface area contributed by atoms with Gasteiger partial charge in [-0.25, -0.2) is 0 Å². The number of methoxy groups -OCH3 is 2. The van der Waals surface area contributed by atoms with Crippen LogP contribution in [0.5, 0.6) is 11.5 Å². The molecular weight excluding hydrogens is 226 g/mol. The topological polar surface area (TPSA) is 30.5 Å². The highest BCUT2D eigenvalue weighted by Gasteiger charge is 2.39. The van der Waals surface area contributed by atoms with Crippen molar-refractivity contribution in [1.82, 2.24) is 5.32 Å². The van der Waals surface area contributed by atoms with Crippen molar-refractivity contribution in [2.75, 3.05) is 20.8 Å². The van der Waals surface area contributed by atoms with Crippen molar-refractivity contribution >= 4 is 0 Å². The Labute approximate surface area is 109 Å². The summed E-state index contributed by atoms with van der Waals surface area (Å²) in [6, 6.07) is 4.37. The molecule has 0 aliphatic heterocycles. The van der Waals surface area contributed by atoms with E-state index in [1.165, 1.54) is 11.1 Å². The highest BCUT2D eigenvalue weighted by Crippen LogP contribution is 2.52. The quantitative estimate of drug-likeness (QED) is 0.889. The third-order valence-corrected chi connectivity index (χ3v) is 4.15. The number of rotatable bonds is 4. The van der Waals surface area contributed by atoms with Crippen molar-refractivity contribution in [1.29, 1.82) is 0 Å². The molecule has 3 atom stereocenters. The van der Waals surface area contributed by atoms with Crippen molar-refractivity contribution in [3.8, 4) is 11.5 Å². The van der Waals surface area contributed by atoms with Crippen LogP contribution >= 0.6 is 0 Å². The van der Waals surface area contributed by atoms with E-state index in [-0.39, 0.29) is 0 Å². The van der Waals surface area contributed by atoms with Crippen LogP contribution in [-0.2, 0) is 0 Å². The predicted octanol–water partition coefficient (Wildman–Crippen LogP) is 3.11. The summed E-state index contributed by atoms with van der Waals surface area (Å²) in [4.78, 5) is 0. The first-order valence-electron chi connectivity index (χ1n) is 6.63. The predicted molar refractivity (Wildman–Crippen MR) is 73.5 cm³/mol. The fraction of sp³-hybridized carbons (Fsp3) is 0.600. The zero-order chi connectivity index (χ0) is 13.3. The van der Waals surface area contributed by atoms with Gasteiger partial charge in [0.05, 0.1) is 14.2 Å². The lowest BCUT2D eigenvalue weighted by Crippen LogP contribution is -2.24. The highest BCUT2D eigenvalue weighted by atomic mass is 16.5. The van der Waals surface area contributed by atoms with Gasteiger partial charge in [-0.15, -0.1) is 0 Å². The van der Waals surface area contributed by atoms with Crippen LogP contribution in [0.2, 0.25) is 0 Å². The monoisotopic (exact) mass is 249 g/mol. The van der Waals surface area contributed by atoms with Crippen molar-refractivity contribution in [2.45, 2.75) is 32.7 Å². The van der Waals surface area contributed by atoms with Gasteiger partial charge in [0.1, 0.15) is 11.5 Å². The summed E-state index contributed by atoms with van der Waals surface area (Å²) in [5.41, 5.74) is 2.58. The summed E-state index contributed by atoms with van der Waals surface area (Å²) < 4.78 is 11.1. The molecule has 1 aliphatic carbocycles. The van der Waals surface area contributed by atoms with E-state index in [1.54, 1.807) is 14.2 Å². The standard InChI is InChI=1S/C15H23NO2/c1-6-16-15-10(3)9(2)13-11(17-4)7-8-12(18-5)14(13)15/h7-10,15-16H,6H2,1-5H3. The van der Waals surface area contributed by atoms with Crippen molar-refractivity contribution in [3.05, 3.63) is 23.3 Å². The summed E-state index contributed by atoms with van der Waals surface area (Å²) in [7, 11) is 3.47. The second-order valence-electron chi connectivity index (χ2n) is 4.98. The smallest absolute Gasteiger partial charge is 0.124 e.